The smallest absolute Gasteiger partial charge is 0.138 e. The largest absolute Gasteiger partial charge is 0.491 e. The quantitative estimate of drug-likeness (QED) is 0.631. The van der Waals surface area contributed by atoms with Crippen LogP contribution in [0.15, 0.2) is 36.7 Å². The van der Waals surface area contributed by atoms with Crippen LogP contribution in [0.4, 0.5) is 0 Å². The monoisotopic (exact) mass is 413 g/mol. The summed E-state index contributed by atoms with van der Waals surface area (Å²) in [5, 5.41) is 1.09. The van der Waals surface area contributed by atoms with E-state index in [1.807, 2.05) is 13.1 Å². The van der Waals surface area contributed by atoms with Gasteiger partial charge >= 0.3 is 0 Å². The fourth-order valence-electron chi connectivity index (χ4n) is 2.99. The lowest BCUT2D eigenvalue weighted by atomic mass is 10.1. The number of carbonyl (C=O) groups excluding carboxylic acids is 1. The molecule has 29 heavy (non-hydrogen) atoms. The fourth-order valence-corrected chi connectivity index (χ4v) is 3.86. The summed E-state index contributed by atoms with van der Waals surface area (Å²) >= 11 is 1.72. The van der Waals surface area contributed by atoms with E-state index in [1.165, 1.54) is 18.5 Å². The van der Waals surface area contributed by atoms with Crippen molar-refractivity contribution < 1.29 is 14.3 Å². The van der Waals surface area contributed by atoms with Crippen molar-refractivity contribution in [3.8, 4) is 16.9 Å². The fraction of sp³-hybridized carbons (Fsp3) is 0.409. The molecule has 0 saturated carbocycles. The van der Waals surface area contributed by atoms with Crippen molar-refractivity contribution in [2.45, 2.75) is 20.8 Å². The third kappa shape index (κ3) is 6.59. The van der Waals surface area contributed by atoms with E-state index in [2.05, 4.69) is 39.1 Å². The second-order valence-electron chi connectivity index (χ2n) is 7.04. The number of morpholine rings is 1. The Morgan fingerprint density at radius 1 is 1.17 bits per heavy atom. The van der Waals surface area contributed by atoms with Crippen LogP contribution in [0.5, 0.6) is 5.75 Å². The Kier molecular flexibility index (Phi) is 7.69. The molecule has 154 valence electrons. The van der Waals surface area contributed by atoms with Crippen LogP contribution in [-0.2, 0) is 9.53 Å². The minimum Gasteiger partial charge on any atom is -0.491 e. The van der Waals surface area contributed by atoms with E-state index in [1.54, 1.807) is 17.5 Å². The number of aromatic nitrogens is 2. The maximum atomic E-state index is 9.44. The summed E-state index contributed by atoms with van der Waals surface area (Å²) in [7, 11) is 0. The molecule has 0 N–H and O–H groups in total. The molecule has 1 aromatic carbocycles. The standard InChI is InChI=1S/C19H21N3O2S.C3H6O/c1-14-21-18-3-2-15(11-19(18)25-14)16-10-17(13-20-12-16)24-9-6-22-4-7-23-8-5-22;1-3(2)4/h2-3,10-13H,4-9H2,1H3;1-2H3. The number of thiazole rings is 1. The molecule has 1 aliphatic heterocycles. The lowest BCUT2D eigenvalue weighted by Gasteiger charge is -2.26. The second-order valence-corrected chi connectivity index (χ2v) is 8.27. The zero-order valence-corrected chi connectivity index (χ0v) is 18.0. The first-order valence-corrected chi connectivity index (χ1v) is 10.6. The zero-order chi connectivity index (χ0) is 20.6. The van der Waals surface area contributed by atoms with Gasteiger partial charge in [-0.1, -0.05) is 6.07 Å². The molecule has 1 aliphatic rings. The molecule has 4 rings (SSSR count). The Hall–Kier alpha value is -2.35. The van der Waals surface area contributed by atoms with Gasteiger partial charge in [0.2, 0.25) is 0 Å². The molecule has 3 aromatic rings. The van der Waals surface area contributed by atoms with Gasteiger partial charge in [-0.2, -0.15) is 0 Å². The molecule has 0 bridgehead atoms. The van der Waals surface area contributed by atoms with E-state index >= 15 is 0 Å². The molecule has 0 unspecified atom stereocenters. The number of benzene rings is 1. The van der Waals surface area contributed by atoms with Gasteiger partial charge in [-0.25, -0.2) is 4.98 Å². The van der Waals surface area contributed by atoms with E-state index in [9.17, 15) is 4.79 Å². The van der Waals surface area contributed by atoms with Gasteiger partial charge in [-0.05, 0) is 44.5 Å². The van der Waals surface area contributed by atoms with Crippen LogP contribution in [0.1, 0.15) is 18.9 Å². The average Bonchev–Trinajstić information content (AvgIpc) is 3.08. The van der Waals surface area contributed by atoms with Gasteiger partial charge in [0.15, 0.2) is 0 Å². The summed E-state index contributed by atoms with van der Waals surface area (Å²) in [5.74, 6) is 0.978. The molecule has 6 nitrogen and oxygen atoms in total. The number of carbonyl (C=O) groups is 1. The molecule has 0 radical (unpaired) electrons. The molecule has 0 spiro atoms. The zero-order valence-electron chi connectivity index (χ0n) is 17.2. The molecular weight excluding hydrogens is 386 g/mol. The molecular formula is C22H27N3O3S. The maximum Gasteiger partial charge on any atom is 0.138 e. The Bertz CT molecular complexity index is 947. The van der Waals surface area contributed by atoms with E-state index in [-0.39, 0.29) is 5.78 Å². The summed E-state index contributed by atoms with van der Waals surface area (Å²) in [5.41, 5.74) is 3.26. The van der Waals surface area contributed by atoms with Gasteiger partial charge in [0.05, 0.1) is 34.6 Å². The molecule has 3 heterocycles. The molecule has 0 amide bonds. The molecule has 7 heteroatoms. The van der Waals surface area contributed by atoms with Gasteiger partial charge in [0.1, 0.15) is 18.1 Å². The van der Waals surface area contributed by atoms with Gasteiger partial charge in [0, 0.05) is 31.4 Å². The predicted octanol–water partition coefficient (Wildman–Crippen LogP) is 3.97. The first kappa shape index (κ1) is 21.4. The number of Topliss-reactive ketones (excluding diaryl/α,β-unsaturated/α-hetero) is 1. The number of aryl methyl sites for hydroxylation is 1. The van der Waals surface area contributed by atoms with E-state index < -0.39 is 0 Å². The summed E-state index contributed by atoms with van der Waals surface area (Å²) in [6.07, 6.45) is 3.65. The van der Waals surface area contributed by atoms with Gasteiger partial charge in [0.25, 0.3) is 0 Å². The average molecular weight is 414 g/mol. The molecule has 0 aliphatic carbocycles. The first-order chi connectivity index (χ1) is 14.0. The Labute approximate surface area is 175 Å². The van der Waals surface area contributed by atoms with E-state index in [0.29, 0.717) is 6.61 Å². The van der Waals surface area contributed by atoms with E-state index in [4.69, 9.17) is 9.47 Å². The van der Waals surface area contributed by atoms with Crippen LogP contribution in [-0.4, -0.2) is 60.1 Å². The highest BCUT2D eigenvalue weighted by Crippen LogP contribution is 2.29. The van der Waals surface area contributed by atoms with Crippen LogP contribution in [0, 0.1) is 6.92 Å². The molecule has 1 saturated heterocycles. The van der Waals surface area contributed by atoms with Crippen molar-refractivity contribution in [3.05, 3.63) is 41.7 Å². The predicted molar refractivity (Wildman–Crippen MR) is 117 cm³/mol. The maximum absolute atomic E-state index is 9.44. The lowest BCUT2D eigenvalue weighted by Crippen LogP contribution is -2.38. The lowest BCUT2D eigenvalue weighted by molar-refractivity contribution is -0.114. The van der Waals surface area contributed by atoms with Crippen molar-refractivity contribution in [2.24, 2.45) is 0 Å². The van der Waals surface area contributed by atoms with Crippen molar-refractivity contribution in [1.29, 1.82) is 0 Å². The number of nitrogens with zero attached hydrogens (tertiary/aromatic N) is 3. The Morgan fingerprint density at radius 2 is 1.93 bits per heavy atom. The third-order valence-corrected chi connectivity index (χ3v) is 5.26. The topological polar surface area (TPSA) is 64.5 Å². The number of ether oxygens (including phenoxy) is 2. The van der Waals surface area contributed by atoms with Gasteiger partial charge < -0.3 is 14.3 Å². The van der Waals surface area contributed by atoms with Crippen molar-refractivity contribution >= 4 is 27.3 Å². The minimum atomic E-state index is 0.167. The summed E-state index contributed by atoms with van der Waals surface area (Å²) in [6, 6.07) is 8.39. The Balaban J connectivity index is 0.000000552. The highest BCUT2D eigenvalue weighted by molar-refractivity contribution is 7.18. The number of hydrogen-bond donors (Lipinski definition) is 0. The van der Waals surface area contributed by atoms with Crippen molar-refractivity contribution in [2.75, 3.05) is 39.5 Å². The highest BCUT2D eigenvalue weighted by Gasteiger charge is 2.10. The number of ketones is 1. The van der Waals surface area contributed by atoms with Gasteiger partial charge in [-0.3, -0.25) is 9.88 Å². The van der Waals surface area contributed by atoms with Crippen LogP contribution in [0.3, 0.4) is 0 Å². The minimum absolute atomic E-state index is 0.167. The normalized spacial score (nSPS) is 14.3. The molecule has 1 fully saturated rings. The van der Waals surface area contributed by atoms with E-state index in [0.717, 1.165) is 60.2 Å². The van der Waals surface area contributed by atoms with Gasteiger partial charge in [-0.15, -0.1) is 11.3 Å². The van der Waals surface area contributed by atoms with Crippen LogP contribution >= 0.6 is 11.3 Å². The van der Waals surface area contributed by atoms with Crippen LogP contribution < -0.4 is 4.74 Å². The van der Waals surface area contributed by atoms with Crippen molar-refractivity contribution in [1.82, 2.24) is 14.9 Å². The molecule has 2 aromatic heterocycles. The molecule has 0 atom stereocenters. The summed E-state index contributed by atoms with van der Waals surface area (Å²) in [6.45, 7) is 10.3. The second kappa shape index (κ2) is 10.4. The highest BCUT2D eigenvalue weighted by atomic mass is 32.1. The third-order valence-electron chi connectivity index (χ3n) is 4.32. The van der Waals surface area contributed by atoms with Crippen LogP contribution in [0.25, 0.3) is 21.3 Å². The SMILES string of the molecule is CC(C)=O.Cc1nc2ccc(-c3cncc(OCCN4CCOCC4)c3)cc2s1. The van der Waals surface area contributed by atoms with Crippen LogP contribution in [0.2, 0.25) is 0 Å². The summed E-state index contributed by atoms with van der Waals surface area (Å²) < 4.78 is 12.5. The number of pyridine rings is 1. The summed E-state index contributed by atoms with van der Waals surface area (Å²) in [4.78, 5) is 20.7. The number of hydrogen-bond acceptors (Lipinski definition) is 7. The number of rotatable bonds is 5. The number of fused-ring (bicyclic) bond motifs is 1. The van der Waals surface area contributed by atoms with Crippen molar-refractivity contribution in [3.63, 3.8) is 0 Å². The first-order valence-electron chi connectivity index (χ1n) is 9.74. The Morgan fingerprint density at radius 3 is 2.69 bits per heavy atom.